The van der Waals surface area contributed by atoms with Crippen molar-refractivity contribution in [3.63, 3.8) is 0 Å². The second kappa shape index (κ2) is 4.70. The summed E-state index contributed by atoms with van der Waals surface area (Å²) in [5, 5.41) is 0. The Balaban J connectivity index is 3.87. The first-order valence-electron chi connectivity index (χ1n) is 4.17. The molecular formula is C9H18ClNO. The summed E-state index contributed by atoms with van der Waals surface area (Å²) >= 11 is 5.52. The predicted molar refractivity (Wildman–Crippen MR) is 52.4 cm³/mol. The van der Waals surface area contributed by atoms with E-state index in [1.807, 2.05) is 0 Å². The molecule has 0 N–H and O–H groups in total. The van der Waals surface area contributed by atoms with Crippen LogP contribution >= 0.6 is 11.6 Å². The van der Waals surface area contributed by atoms with Crippen molar-refractivity contribution in [3.05, 3.63) is 0 Å². The zero-order valence-electron chi connectivity index (χ0n) is 8.35. The van der Waals surface area contributed by atoms with Crippen LogP contribution in [0.1, 0.15) is 27.2 Å². The molecular weight excluding hydrogens is 174 g/mol. The molecule has 0 spiro atoms. The van der Waals surface area contributed by atoms with E-state index in [9.17, 15) is 4.79 Å². The number of carbonyl (C=O) groups is 1. The Hall–Kier alpha value is -0.240. The molecule has 1 amide bonds. The smallest absolute Gasteiger partial charge is 0.222 e. The van der Waals surface area contributed by atoms with Gasteiger partial charge in [0.25, 0.3) is 0 Å². The SMILES string of the molecule is CN(CCCl)C(=O)CC(C)(C)C. The average Bonchev–Trinajstić information content (AvgIpc) is 1.84. The molecule has 0 aliphatic carbocycles. The van der Waals surface area contributed by atoms with E-state index in [2.05, 4.69) is 20.8 Å². The van der Waals surface area contributed by atoms with Crippen LogP contribution in [0.5, 0.6) is 0 Å². The van der Waals surface area contributed by atoms with Gasteiger partial charge in [-0.05, 0) is 5.41 Å². The minimum Gasteiger partial charge on any atom is -0.345 e. The molecule has 0 aliphatic rings. The summed E-state index contributed by atoms with van der Waals surface area (Å²) in [6.07, 6.45) is 0.584. The Bertz CT molecular complexity index is 151. The number of rotatable bonds is 3. The number of hydrogen-bond acceptors (Lipinski definition) is 1. The highest BCUT2D eigenvalue weighted by atomic mass is 35.5. The van der Waals surface area contributed by atoms with Crippen molar-refractivity contribution in [2.75, 3.05) is 19.5 Å². The number of halogens is 1. The third kappa shape index (κ3) is 5.42. The molecule has 3 heteroatoms. The lowest BCUT2D eigenvalue weighted by Gasteiger charge is -2.22. The molecule has 72 valence electrons. The monoisotopic (exact) mass is 191 g/mol. The van der Waals surface area contributed by atoms with Crippen LogP contribution in [0.4, 0.5) is 0 Å². The van der Waals surface area contributed by atoms with Gasteiger partial charge in [0.1, 0.15) is 0 Å². The number of nitrogens with zero attached hydrogens (tertiary/aromatic N) is 1. The molecule has 0 aromatic rings. The highest BCUT2D eigenvalue weighted by Gasteiger charge is 2.18. The largest absolute Gasteiger partial charge is 0.345 e. The molecule has 12 heavy (non-hydrogen) atoms. The van der Waals surface area contributed by atoms with Gasteiger partial charge in [0.05, 0.1) is 0 Å². The van der Waals surface area contributed by atoms with E-state index in [-0.39, 0.29) is 11.3 Å². The molecule has 0 radical (unpaired) electrons. The summed E-state index contributed by atoms with van der Waals surface area (Å²) in [5.74, 6) is 0.676. The van der Waals surface area contributed by atoms with Gasteiger partial charge in [-0.3, -0.25) is 4.79 Å². The average molecular weight is 192 g/mol. The van der Waals surface area contributed by atoms with Gasteiger partial charge in [0, 0.05) is 25.9 Å². The normalized spacial score (nSPS) is 11.4. The van der Waals surface area contributed by atoms with E-state index < -0.39 is 0 Å². The first-order valence-corrected chi connectivity index (χ1v) is 4.70. The van der Waals surface area contributed by atoms with Crippen LogP contribution in [0.15, 0.2) is 0 Å². The van der Waals surface area contributed by atoms with Crippen LogP contribution in [0, 0.1) is 5.41 Å². The van der Waals surface area contributed by atoms with Gasteiger partial charge in [0.15, 0.2) is 0 Å². The van der Waals surface area contributed by atoms with Gasteiger partial charge in [-0.1, -0.05) is 20.8 Å². The molecule has 0 heterocycles. The lowest BCUT2D eigenvalue weighted by molar-refractivity contribution is -0.131. The molecule has 0 bridgehead atoms. The predicted octanol–water partition coefficient (Wildman–Crippen LogP) is 2.12. The van der Waals surface area contributed by atoms with Crippen LogP contribution < -0.4 is 0 Å². The highest BCUT2D eigenvalue weighted by Crippen LogP contribution is 2.19. The fourth-order valence-corrected chi connectivity index (χ4v) is 1.09. The lowest BCUT2D eigenvalue weighted by Crippen LogP contribution is -2.31. The molecule has 0 saturated heterocycles. The van der Waals surface area contributed by atoms with Crippen LogP contribution in [-0.4, -0.2) is 30.3 Å². The van der Waals surface area contributed by atoms with Gasteiger partial charge in [0.2, 0.25) is 5.91 Å². The van der Waals surface area contributed by atoms with E-state index in [0.717, 1.165) is 0 Å². The molecule has 0 aromatic carbocycles. The number of alkyl halides is 1. The van der Waals surface area contributed by atoms with Crippen molar-refractivity contribution in [3.8, 4) is 0 Å². The Morgan fingerprint density at radius 2 is 1.92 bits per heavy atom. The highest BCUT2D eigenvalue weighted by molar-refractivity contribution is 6.18. The summed E-state index contributed by atoms with van der Waals surface area (Å²) in [7, 11) is 1.79. The topological polar surface area (TPSA) is 20.3 Å². The zero-order valence-corrected chi connectivity index (χ0v) is 9.11. The summed E-state index contributed by atoms with van der Waals surface area (Å²) in [5.41, 5.74) is 0.0671. The van der Waals surface area contributed by atoms with Crippen molar-refractivity contribution in [2.24, 2.45) is 5.41 Å². The van der Waals surface area contributed by atoms with Crippen LogP contribution in [0.3, 0.4) is 0 Å². The minimum atomic E-state index is 0.0671. The summed E-state index contributed by atoms with van der Waals surface area (Å²) in [6.45, 7) is 6.80. The van der Waals surface area contributed by atoms with Crippen molar-refractivity contribution < 1.29 is 4.79 Å². The van der Waals surface area contributed by atoms with Crippen molar-refractivity contribution >= 4 is 17.5 Å². The molecule has 0 atom stereocenters. The van der Waals surface area contributed by atoms with Crippen LogP contribution in [-0.2, 0) is 4.79 Å². The van der Waals surface area contributed by atoms with E-state index in [0.29, 0.717) is 18.8 Å². The Morgan fingerprint density at radius 3 is 2.25 bits per heavy atom. The molecule has 0 fully saturated rings. The maximum atomic E-state index is 11.4. The second-order valence-electron chi connectivity index (χ2n) is 4.24. The Morgan fingerprint density at radius 1 is 1.42 bits per heavy atom. The van der Waals surface area contributed by atoms with Gasteiger partial charge < -0.3 is 4.90 Å². The first kappa shape index (κ1) is 11.8. The summed E-state index contributed by atoms with van der Waals surface area (Å²) < 4.78 is 0. The second-order valence-corrected chi connectivity index (χ2v) is 4.62. The molecule has 0 unspecified atom stereocenters. The van der Waals surface area contributed by atoms with Crippen molar-refractivity contribution in [2.45, 2.75) is 27.2 Å². The minimum absolute atomic E-state index is 0.0671. The first-order chi connectivity index (χ1) is 5.37. The Labute approximate surface area is 79.9 Å². The lowest BCUT2D eigenvalue weighted by atomic mass is 9.92. The van der Waals surface area contributed by atoms with Gasteiger partial charge >= 0.3 is 0 Å². The molecule has 0 rings (SSSR count). The Kier molecular flexibility index (Phi) is 4.61. The van der Waals surface area contributed by atoms with Crippen molar-refractivity contribution in [1.82, 2.24) is 4.90 Å². The van der Waals surface area contributed by atoms with Gasteiger partial charge in [-0.25, -0.2) is 0 Å². The van der Waals surface area contributed by atoms with E-state index in [1.165, 1.54) is 0 Å². The third-order valence-electron chi connectivity index (χ3n) is 1.53. The molecule has 2 nitrogen and oxygen atoms in total. The fraction of sp³-hybridized carbons (Fsp3) is 0.889. The molecule has 0 aromatic heterocycles. The van der Waals surface area contributed by atoms with Gasteiger partial charge in [-0.2, -0.15) is 0 Å². The maximum Gasteiger partial charge on any atom is 0.222 e. The molecule has 0 saturated carbocycles. The van der Waals surface area contributed by atoms with Crippen LogP contribution in [0.2, 0.25) is 0 Å². The summed E-state index contributed by atoms with van der Waals surface area (Å²) in [4.78, 5) is 13.1. The maximum absolute atomic E-state index is 11.4. The molecule has 0 aliphatic heterocycles. The third-order valence-corrected chi connectivity index (χ3v) is 1.70. The quantitative estimate of drug-likeness (QED) is 0.626. The number of hydrogen-bond donors (Lipinski definition) is 0. The van der Waals surface area contributed by atoms with Crippen molar-refractivity contribution in [1.29, 1.82) is 0 Å². The zero-order chi connectivity index (χ0) is 9.78. The van der Waals surface area contributed by atoms with E-state index in [4.69, 9.17) is 11.6 Å². The number of carbonyl (C=O) groups excluding carboxylic acids is 1. The van der Waals surface area contributed by atoms with E-state index >= 15 is 0 Å². The van der Waals surface area contributed by atoms with Crippen LogP contribution in [0.25, 0.3) is 0 Å². The van der Waals surface area contributed by atoms with E-state index in [1.54, 1.807) is 11.9 Å². The standard InChI is InChI=1S/C9H18ClNO/c1-9(2,3)7-8(12)11(4)6-5-10/h5-7H2,1-4H3. The fourth-order valence-electron chi connectivity index (χ4n) is 0.840. The number of amides is 1. The van der Waals surface area contributed by atoms with Gasteiger partial charge in [-0.15, -0.1) is 11.6 Å². The summed E-state index contributed by atoms with van der Waals surface area (Å²) in [6, 6.07) is 0.